The van der Waals surface area contributed by atoms with Crippen LogP contribution in [-0.2, 0) is 10.0 Å². The Kier molecular flexibility index (Phi) is 5.84. The van der Waals surface area contributed by atoms with E-state index in [9.17, 15) is 26.0 Å². The van der Waals surface area contributed by atoms with E-state index in [-0.39, 0.29) is 4.31 Å². The molecule has 0 radical (unpaired) electrons. The van der Waals surface area contributed by atoms with Crippen LogP contribution in [0.3, 0.4) is 0 Å². The summed E-state index contributed by atoms with van der Waals surface area (Å²) in [5, 5.41) is 7.33. The normalized spacial score (nSPS) is 13.0. The Bertz CT molecular complexity index is 621. The van der Waals surface area contributed by atoms with Crippen LogP contribution < -0.4 is 0 Å². The molecule has 120 valence electrons. The van der Waals surface area contributed by atoms with Crippen molar-refractivity contribution < 1.29 is 31.1 Å². The summed E-state index contributed by atoms with van der Waals surface area (Å²) < 4.78 is 74.9. The van der Waals surface area contributed by atoms with Crippen LogP contribution in [0.1, 0.15) is 0 Å². The van der Waals surface area contributed by atoms with E-state index < -0.39 is 56.7 Å². The van der Waals surface area contributed by atoms with Crippen LogP contribution in [0.5, 0.6) is 0 Å². The fourth-order valence-electron chi connectivity index (χ4n) is 1.44. The SMILES string of the molecule is O=S(=O)(c1ccc(Cl)c(F)c1Cl)N(CCO)CC(F)(F)F. The quantitative estimate of drug-likeness (QED) is 0.641. The van der Waals surface area contributed by atoms with Crippen molar-refractivity contribution in [3.63, 3.8) is 0 Å². The van der Waals surface area contributed by atoms with Gasteiger partial charge in [-0.2, -0.15) is 17.5 Å². The minimum absolute atomic E-state index is 0.0401. The van der Waals surface area contributed by atoms with Crippen LogP contribution in [0, 0.1) is 5.82 Å². The van der Waals surface area contributed by atoms with Crippen LogP contribution in [0.15, 0.2) is 17.0 Å². The number of alkyl halides is 3. The molecule has 0 aliphatic rings. The molecule has 0 fully saturated rings. The van der Waals surface area contributed by atoms with Gasteiger partial charge in [-0.1, -0.05) is 23.2 Å². The van der Waals surface area contributed by atoms with Crippen molar-refractivity contribution in [1.82, 2.24) is 4.31 Å². The first-order valence-corrected chi connectivity index (χ1v) is 7.51. The minimum atomic E-state index is -4.83. The van der Waals surface area contributed by atoms with Crippen molar-refractivity contribution in [2.75, 3.05) is 19.7 Å². The number of aliphatic hydroxyl groups is 1. The lowest BCUT2D eigenvalue weighted by atomic mass is 10.3. The zero-order valence-electron chi connectivity index (χ0n) is 10.2. The lowest BCUT2D eigenvalue weighted by Crippen LogP contribution is -2.40. The largest absolute Gasteiger partial charge is 0.402 e. The highest BCUT2D eigenvalue weighted by molar-refractivity contribution is 7.89. The van der Waals surface area contributed by atoms with Gasteiger partial charge in [-0.15, -0.1) is 0 Å². The molecule has 0 aromatic heterocycles. The highest BCUT2D eigenvalue weighted by Crippen LogP contribution is 2.32. The number of halogens is 6. The molecule has 0 aliphatic heterocycles. The van der Waals surface area contributed by atoms with E-state index in [1.54, 1.807) is 0 Å². The van der Waals surface area contributed by atoms with Crippen LogP contribution in [-0.4, -0.2) is 43.7 Å². The Morgan fingerprint density at radius 1 is 1.24 bits per heavy atom. The molecule has 1 aromatic rings. The zero-order valence-corrected chi connectivity index (χ0v) is 12.5. The zero-order chi connectivity index (χ0) is 16.4. The Hall–Kier alpha value is -0.610. The van der Waals surface area contributed by atoms with E-state index in [1.165, 1.54) is 0 Å². The van der Waals surface area contributed by atoms with Crippen LogP contribution in [0.4, 0.5) is 17.6 Å². The first-order chi connectivity index (χ1) is 9.50. The van der Waals surface area contributed by atoms with Crippen molar-refractivity contribution in [1.29, 1.82) is 0 Å². The predicted molar refractivity (Wildman–Crippen MR) is 68.3 cm³/mol. The molecule has 0 aliphatic carbocycles. The Morgan fingerprint density at radius 2 is 1.81 bits per heavy atom. The van der Waals surface area contributed by atoms with Crippen molar-refractivity contribution in [3.8, 4) is 0 Å². The lowest BCUT2D eigenvalue weighted by Gasteiger charge is -2.23. The average molecular weight is 370 g/mol. The van der Waals surface area contributed by atoms with Gasteiger partial charge in [0.15, 0.2) is 5.82 Å². The van der Waals surface area contributed by atoms with Crippen molar-refractivity contribution >= 4 is 33.2 Å². The number of hydrogen-bond acceptors (Lipinski definition) is 3. The van der Waals surface area contributed by atoms with Gasteiger partial charge in [-0.25, -0.2) is 12.8 Å². The summed E-state index contributed by atoms with van der Waals surface area (Å²) in [4.78, 5) is -0.858. The topological polar surface area (TPSA) is 57.6 Å². The van der Waals surface area contributed by atoms with E-state index in [0.717, 1.165) is 12.1 Å². The van der Waals surface area contributed by atoms with Gasteiger partial charge >= 0.3 is 6.18 Å². The van der Waals surface area contributed by atoms with Crippen LogP contribution >= 0.6 is 23.2 Å². The molecule has 0 amide bonds. The van der Waals surface area contributed by atoms with Gasteiger partial charge in [0.25, 0.3) is 0 Å². The second kappa shape index (κ2) is 6.66. The van der Waals surface area contributed by atoms with Gasteiger partial charge < -0.3 is 5.11 Å². The molecule has 0 unspecified atom stereocenters. The van der Waals surface area contributed by atoms with Gasteiger partial charge in [0.2, 0.25) is 10.0 Å². The summed E-state index contributed by atoms with van der Waals surface area (Å²) in [6.45, 7) is -3.50. The summed E-state index contributed by atoms with van der Waals surface area (Å²) in [5.41, 5.74) is 0. The van der Waals surface area contributed by atoms with Gasteiger partial charge in [-0.05, 0) is 12.1 Å². The summed E-state index contributed by atoms with van der Waals surface area (Å²) in [7, 11) is -4.74. The monoisotopic (exact) mass is 369 g/mol. The Morgan fingerprint density at radius 3 is 2.29 bits per heavy atom. The van der Waals surface area contributed by atoms with Crippen LogP contribution in [0.2, 0.25) is 10.0 Å². The van der Waals surface area contributed by atoms with Crippen molar-refractivity contribution in [2.24, 2.45) is 0 Å². The molecule has 0 saturated heterocycles. The summed E-state index contributed by atoms with van der Waals surface area (Å²) in [6.07, 6.45) is -4.83. The smallest absolute Gasteiger partial charge is 0.395 e. The van der Waals surface area contributed by atoms with Gasteiger partial charge in [-0.3, -0.25) is 0 Å². The fourth-order valence-corrected chi connectivity index (χ4v) is 3.58. The molecule has 1 N–H and O–H groups in total. The van der Waals surface area contributed by atoms with Gasteiger partial charge in [0.05, 0.1) is 16.7 Å². The molecule has 0 bridgehead atoms. The predicted octanol–water partition coefficient (Wildman–Crippen LogP) is 2.68. The Balaban J connectivity index is 3.33. The average Bonchev–Trinajstić information content (AvgIpc) is 2.33. The summed E-state index contributed by atoms with van der Waals surface area (Å²) in [5.74, 6) is -1.25. The lowest BCUT2D eigenvalue weighted by molar-refractivity contribution is -0.136. The second-order valence-electron chi connectivity index (χ2n) is 3.85. The third kappa shape index (κ3) is 4.43. The van der Waals surface area contributed by atoms with Gasteiger partial charge in [0.1, 0.15) is 11.4 Å². The highest BCUT2D eigenvalue weighted by Gasteiger charge is 2.38. The van der Waals surface area contributed by atoms with Crippen molar-refractivity contribution in [3.05, 3.63) is 28.0 Å². The van der Waals surface area contributed by atoms with Crippen LogP contribution in [0.25, 0.3) is 0 Å². The molecule has 21 heavy (non-hydrogen) atoms. The maximum atomic E-state index is 13.5. The highest BCUT2D eigenvalue weighted by atomic mass is 35.5. The number of aliphatic hydroxyl groups excluding tert-OH is 1. The number of rotatable bonds is 5. The van der Waals surface area contributed by atoms with E-state index in [1.807, 2.05) is 0 Å². The molecule has 0 saturated carbocycles. The molecule has 4 nitrogen and oxygen atoms in total. The third-order valence-electron chi connectivity index (χ3n) is 2.32. The minimum Gasteiger partial charge on any atom is -0.395 e. The molecule has 0 atom stereocenters. The number of nitrogens with zero attached hydrogens (tertiary/aromatic N) is 1. The number of benzene rings is 1. The molecule has 11 heteroatoms. The van der Waals surface area contributed by atoms with E-state index >= 15 is 0 Å². The third-order valence-corrected chi connectivity index (χ3v) is 4.98. The van der Waals surface area contributed by atoms with E-state index in [4.69, 9.17) is 28.3 Å². The van der Waals surface area contributed by atoms with Crippen molar-refractivity contribution in [2.45, 2.75) is 11.1 Å². The first kappa shape index (κ1) is 18.4. The first-order valence-electron chi connectivity index (χ1n) is 5.32. The molecular weight excluding hydrogens is 361 g/mol. The molecule has 0 heterocycles. The number of sulfonamides is 1. The maximum absolute atomic E-state index is 13.5. The van der Waals surface area contributed by atoms with Gasteiger partial charge in [0, 0.05) is 6.54 Å². The standard InChI is InChI=1S/C10H9Cl2F4NO3S/c11-6-1-2-7(8(12)9(6)13)21(19,20)17(3-4-18)5-10(14,15)16/h1-2,18H,3-5H2. The summed E-state index contributed by atoms with van der Waals surface area (Å²) in [6, 6.07) is 1.66. The Labute approximate surface area is 127 Å². The molecule has 1 aromatic carbocycles. The molecule has 0 spiro atoms. The van der Waals surface area contributed by atoms with E-state index in [2.05, 4.69) is 0 Å². The second-order valence-corrected chi connectivity index (χ2v) is 6.54. The fraction of sp³-hybridized carbons (Fsp3) is 0.400. The van der Waals surface area contributed by atoms with E-state index in [0.29, 0.717) is 0 Å². The maximum Gasteiger partial charge on any atom is 0.402 e. The number of hydrogen-bond donors (Lipinski definition) is 1. The molecular formula is C10H9Cl2F4NO3S. The molecule has 1 rings (SSSR count). The summed E-state index contributed by atoms with van der Waals surface area (Å²) >= 11 is 10.9.